The number of benzene rings is 2. The van der Waals surface area contributed by atoms with Crippen LogP contribution in [0.25, 0.3) is 11.4 Å². The highest BCUT2D eigenvalue weighted by molar-refractivity contribution is 7.98. The highest BCUT2D eigenvalue weighted by Crippen LogP contribution is 2.26. The highest BCUT2D eigenvalue weighted by atomic mass is 35.5. The van der Waals surface area contributed by atoms with Crippen molar-refractivity contribution in [1.82, 2.24) is 10.1 Å². The molecule has 106 valence electrons. The monoisotopic (exact) mass is 320 g/mol. The first kappa shape index (κ1) is 14.1. The SMILES string of the molecule is Fc1ccccc1SCc1nc(-c2cccc(Cl)c2)no1. The molecule has 1 heterocycles. The Morgan fingerprint density at radius 2 is 2.00 bits per heavy atom. The molecule has 2 aromatic carbocycles. The van der Waals surface area contributed by atoms with Crippen LogP contribution < -0.4 is 0 Å². The second-order valence-corrected chi connectivity index (χ2v) is 5.69. The molecule has 3 aromatic rings. The lowest BCUT2D eigenvalue weighted by atomic mass is 10.2. The minimum atomic E-state index is -0.253. The van der Waals surface area contributed by atoms with Gasteiger partial charge in [0.15, 0.2) is 0 Å². The fraction of sp³-hybridized carbons (Fsp3) is 0.0667. The van der Waals surface area contributed by atoms with Crippen LogP contribution in [-0.2, 0) is 5.75 Å². The van der Waals surface area contributed by atoms with Crippen LogP contribution in [0.1, 0.15) is 5.89 Å². The van der Waals surface area contributed by atoms with Crippen LogP contribution in [0.4, 0.5) is 4.39 Å². The normalized spacial score (nSPS) is 10.8. The molecular weight excluding hydrogens is 311 g/mol. The molecule has 0 amide bonds. The molecule has 0 spiro atoms. The Balaban J connectivity index is 1.72. The fourth-order valence-electron chi connectivity index (χ4n) is 1.76. The van der Waals surface area contributed by atoms with Crippen LogP contribution in [0.15, 0.2) is 57.9 Å². The number of rotatable bonds is 4. The number of aromatic nitrogens is 2. The predicted octanol–water partition coefficient (Wildman–Crippen LogP) is 4.82. The van der Waals surface area contributed by atoms with Gasteiger partial charge >= 0.3 is 0 Å². The second-order valence-electron chi connectivity index (χ2n) is 4.24. The van der Waals surface area contributed by atoms with Crippen LogP contribution >= 0.6 is 23.4 Å². The quantitative estimate of drug-likeness (QED) is 0.646. The Labute approximate surface area is 130 Å². The third kappa shape index (κ3) is 3.43. The number of hydrogen-bond donors (Lipinski definition) is 0. The van der Waals surface area contributed by atoms with E-state index in [1.807, 2.05) is 12.1 Å². The molecule has 0 fully saturated rings. The summed E-state index contributed by atoms with van der Waals surface area (Å²) >= 11 is 7.24. The minimum Gasteiger partial charge on any atom is -0.338 e. The van der Waals surface area contributed by atoms with Crippen LogP contribution in [0, 0.1) is 5.82 Å². The molecule has 0 N–H and O–H groups in total. The highest BCUT2D eigenvalue weighted by Gasteiger charge is 2.10. The van der Waals surface area contributed by atoms with Gasteiger partial charge in [-0.05, 0) is 24.3 Å². The van der Waals surface area contributed by atoms with Crippen molar-refractivity contribution < 1.29 is 8.91 Å². The van der Waals surface area contributed by atoms with E-state index >= 15 is 0 Å². The number of thioether (sulfide) groups is 1. The van der Waals surface area contributed by atoms with E-state index in [0.717, 1.165) is 5.56 Å². The summed E-state index contributed by atoms with van der Waals surface area (Å²) in [7, 11) is 0. The molecule has 0 atom stereocenters. The molecule has 0 unspecified atom stereocenters. The van der Waals surface area contributed by atoms with Gasteiger partial charge in [-0.2, -0.15) is 4.98 Å². The molecule has 0 aliphatic heterocycles. The topological polar surface area (TPSA) is 38.9 Å². The summed E-state index contributed by atoms with van der Waals surface area (Å²) in [5, 5.41) is 4.52. The zero-order chi connectivity index (χ0) is 14.7. The summed E-state index contributed by atoms with van der Waals surface area (Å²) in [6.45, 7) is 0. The predicted molar refractivity (Wildman–Crippen MR) is 80.7 cm³/mol. The first-order valence-corrected chi connectivity index (χ1v) is 7.54. The van der Waals surface area contributed by atoms with Gasteiger partial charge in [0.2, 0.25) is 11.7 Å². The Hall–Kier alpha value is -1.85. The molecule has 0 aliphatic rings. The van der Waals surface area contributed by atoms with Crippen LogP contribution in [-0.4, -0.2) is 10.1 Å². The van der Waals surface area contributed by atoms with Crippen molar-refractivity contribution in [2.45, 2.75) is 10.6 Å². The largest absolute Gasteiger partial charge is 0.338 e. The summed E-state index contributed by atoms with van der Waals surface area (Å²) in [4.78, 5) is 4.84. The first-order valence-electron chi connectivity index (χ1n) is 6.18. The summed E-state index contributed by atoms with van der Waals surface area (Å²) < 4.78 is 18.7. The third-order valence-electron chi connectivity index (χ3n) is 2.74. The van der Waals surface area contributed by atoms with E-state index in [2.05, 4.69) is 10.1 Å². The van der Waals surface area contributed by atoms with Gasteiger partial charge < -0.3 is 4.52 Å². The molecule has 0 bridgehead atoms. The minimum absolute atomic E-state index is 0.253. The fourth-order valence-corrected chi connectivity index (χ4v) is 2.73. The van der Waals surface area contributed by atoms with E-state index in [4.69, 9.17) is 16.1 Å². The van der Waals surface area contributed by atoms with Crippen molar-refractivity contribution in [3.8, 4) is 11.4 Å². The van der Waals surface area contributed by atoms with Crippen molar-refractivity contribution in [3.63, 3.8) is 0 Å². The Morgan fingerprint density at radius 3 is 2.81 bits per heavy atom. The molecule has 3 rings (SSSR count). The molecule has 0 aliphatic carbocycles. The summed E-state index contributed by atoms with van der Waals surface area (Å²) in [5.74, 6) is 1.08. The van der Waals surface area contributed by atoms with E-state index in [1.165, 1.54) is 17.8 Å². The summed E-state index contributed by atoms with van der Waals surface area (Å²) in [6, 6.07) is 13.8. The maximum absolute atomic E-state index is 13.5. The van der Waals surface area contributed by atoms with Crippen molar-refractivity contribution in [2.24, 2.45) is 0 Å². The lowest BCUT2D eigenvalue weighted by Gasteiger charge is -1.99. The van der Waals surface area contributed by atoms with Crippen LogP contribution in [0.3, 0.4) is 0 Å². The Kier molecular flexibility index (Phi) is 4.22. The molecule has 0 saturated heterocycles. The van der Waals surface area contributed by atoms with Gasteiger partial charge in [-0.1, -0.05) is 41.0 Å². The zero-order valence-electron chi connectivity index (χ0n) is 10.8. The molecule has 6 heteroatoms. The summed E-state index contributed by atoms with van der Waals surface area (Å²) in [5.41, 5.74) is 0.786. The molecule has 0 saturated carbocycles. The Bertz CT molecular complexity index is 763. The van der Waals surface area contributed by atoms with Crippen molar-refractivity contribution in [1.29, 1.82) is 0 Å². The van der Waals surface area contributed by atoms with Crippen molar-refractivity contribution in [3.05, 3.63) is 65.3 Å². The second kappa shape index (κ2) is 6.28. The van der Waals surface area contributed by atoms with E-state index < -0.39 is 0 Å². The lowest BCUT2D eigenvalue weighted by Crippen LogP contribution is -1.84. The van der Waals surface area contributed by atoms with Gasteiger partial charge in [0.25, 0.3) is 0 Å². The average molecular weight is 321 g/mol. The standard InChI is InChI=1S/C15H10ClFN2OS/c16-11-5-3-4-10(8-11)15-18-14(20-19-15)9-21-13-7-2-1-6-12(13)17/h1-8H,9H2. The van der Waals surface area contributed by atoms with Gasteiger partial charge in [0, 0.05) is 15.5 Å². The first-order chi connectivity index (χ1) is 10.2. The maximum Gasteiger partial charge on any atom is 0.237 e. The van der Waals surface area contributed by atoms with Gasteiger partial charge in [-0.3, -0.25) is 0 Å². The van der Waals surface area contributed by atoms with E-state index in [0.29, 0.717) is 27.4 Å². The molecule has 0 radical (unpaired) electrons. The summed E-state index contributed by atoms with van der Waals surface area (Å²) in [6.07, 6.45) is 0. The van der Waals surface area contributed by atoms with Crippen LogP contribution in [0.2, 0.25) is 5.02 Å². The molecule has 21 heavy (non-hydrogen) atoms. The molecular formula is C15H10ClFN2OS. The van der Waals surface area contributed by atoms with Gasteiger partial charge in [-0.15, -0.1) is 11.8 Å². The molecule has 3 nitrogen and oxygen atoms in total. The smallest absolute Gasteiger partial charge is 0.237 e. The maximum atomic E-state index is 13.5. The number of nitrogens with zero attached hydrogens (tertiary/aromatic N) is 2. The van der Waals surface area contributed by atoms with Gasteiger partial charge in [0.05, 0.1) is 5.75 Å². The third-order valence-corrected chi connectivity index (χ3v) is 4.01. The Morgan fingerprint density at radius 1 is 1.14 bits per heavy atom. The molecule has 1 aromatic heterocycles. The van der Waals surface area contributed by atoms with E-state index in [9.17, 15) is 4.39 Å². The average Bonchev–Trinajstić information content (AvgIpc) is 2.95. The van der Waals surface area contributed by atoms with E-state index in [-0.39, 0.29) is 5.82 Å². The van der Waals surface area contributed by atoms with Crippen LogP contribution in [0.5, 0.6) is 0 Å². The van der Waals surface area contributed by atoms with E-state index in [1.54, 1.807) is 30.3 Å². The van der Waals surface area contributed by atoms with Crippen molar-refractivity contribution >= 4 is 23.4 Å². The number of hydrogen-bond acceptors (Lipinski definition) is 4. The number of halogens is 2. The lowest BCUT2D eigenvalue weighted by molar-refractivity contribution is 0.391. The van der Waals surface area contributed by atoms with Gasteiger partial charge in [-0.25, -0.2) is 4.39 Å². The van der Waals surface area contributed by atoms with Crippen molar-refractivity contribution in [2.75, 3.05) is 0 Å². The zero-order valence-corrected chi connectivity index (χ0v) is 12.4. The van der Waals surface area contributed by atoms with Gasteiger partial charge in [0.1, 0.15) is 5.82 Å².